The Morgan fingerprint density at radius 2 is 2.04 bits per heavy atom. The lowest BCUT2D eigenvalue weighted by molar-refractivity contribution is 0.555. The SMILES string of the molecule is O=c1[nH]c2cc(S(=O)(=O)Nc3ccn4nccc4c3)ccc2o1. The topological polar surface area (TPSA) is 109 Å². The van der Waals surface area contributed by atoms with Gasteiger partial charge in [-0.3, -0.25) is 9.71 Å². The summed E-state index contributed by atoms with van der Waals surface area (Å²) in [6.45, 7) is 0. The Morgan fingerprint density at radius 3 is 2.91 bits per heavy atom. The molecule has 9 heteroatoms. The zero-order valence-electron chi connectivity index (χ0n) is 11.6. The second-order valence-electron chi connectivity index (χ2n) is 4.89. The molecule has 0 spiro atoms. The molecule has 0 radical (unpaired) electrons. The molecule has 0 atom stereocenters. The van der Waals surface area contributed by atoms with Gasteiger partial charge in [-0.25, -0.2) is 17.7 Å². The van der Waals surface area contributed by atoms with E-state index in [2.05, 4.69) is 14.8 Å². The van der Waals surface area contributed by atoms with Crippen molar-refractivity contribution in [3.63, 3.8) is 0 Å². The fourth-order valence-corrected chi connectivity index (χ4v) is 3.37. The monoisotopic (exact) mass is 330 g/mol. The van der Waals surface area contributed by atoms with Gasteiger partial charge in [-0.1, -0.05) is 0 Å². The predicted molar refractivity (Wildman–Crippen MR) is 82.8 cm³/mol. The molecule has 4 aromatic rings. The maximum absolute atomic E-state index is 12.5. The van der Waals surface area contributed by atoms with Gasteiger partial charge in [0.2, 0.25) is 0 Å². The molecule has 0 fully saturated rings. The minimum absolute atomic E-state index is 0.0235. The van der Waals surface area contributed by atoms with Gasteiger partial charge in [-0.2, -0.15) is 5.10 Å². The van der Waals surface area contributed by atoms with E-state index >= 15 is 0 Å². The predicted octanol–water partition coefficient (Wildman–Crippen LogP) is 1.57. The van der Waals surface area contributed by atoms with E-state index in [9.17, 15) is 13.2 Å². The lowest BCUT2D eigenvalue weighted by Gasteiger charge is -2.08. The molecule has 4 rings (SSSR count). The number of hydrogen-bond donors (Lipinski definition) is 2. The molecule has 0 aliphatic rings. The van der Waals surface area contributed by atoms with Gasteiger partial charge in [0.25, 0.3) is 10.0 Å². The van der Waals surface area contributed by atoms with Crippen LogP contribution in [-0.2, 0) is 10.0 Å². The normalized spacial score (nSPS) is 12.0. The van der Waals surface area contributed by atoms with Gasteiger partial charge in [-0.05, 0) is 36.4 Å². The van der Waals surface area contributed by atoms with Crippen LogP contribution < -0.4 is 10.5 Å². The molecule has 0 bridgehead atoms. The average molecular weight is 330 g/mol. The van der Waals surface area contributed by atoms with Crippen LogP contribution in [0.4, 0.5) is 5.69 Å². The Balaban J connectivity index is 1.74. The summed E-state index contributed by atoms with van der Waals surface area (Å²) in [5.41, 5.74) is 1.80. The molecule has 0 aliphatic heterocycles. The number of nitrogens with zero attached hydrogens (tertiary/aromatic N) is 2. The highest BCUT2D eigenvalue weighted by atomic mass is 32.2. The molecule has 0 aliphatic carbocycles. The quantitative estimate of drug-likeness (QED) is 0.592. The van der Waals surface area contributed by atoms with Gasteiger partial charge in [0.15, 0.2) is 5.58 Å². The van der Waals surface area contributed by atoms with Crippen LogP contribution in [0.25, 0.3) is 16.6 Å². The Hall–Kier alpha value is -3.07. The molecule has 0 amide bonds. The van der Waals surface area contributed by atoms with Crippen LogP contribution in [0, 0.1) is 0 Å². The van der Waals surface area contributed by atoms with Crippen LogP contribution in [-0.4, -0.2) is 23.0 Å². The van der Waals surface area contributed by atoms with Crippen molar-refractivity contribution in [1.82, 2.24) is 14.6 Å². The minimum atomic E-state index is -3.79. The van der Waals surface area contributed by atoms with Gasteiger partial charge < -0.3 is 4.42 Å². The summed E-state index contributed by atoms with van der Waals surface area (Å²) in [4.78, 5) is 13.6. The fourth-order valence-electron chi connectivity index (χ4n) is 2.30. The molecular weight excluding hydrogens is 320 g/mol. The van der Waals surface area contributed by atoms with Crippen LogP contribution in [0.5, 0.6) is 0 Å². The van der Waals surface area contributed by atoms with Gasteiger partial charge in [-0.15, -0.1) is 0 Å². The van der Waals surface area contributed by atoms with Crippen LogP contribution in [0.3, 0.4) is 0 Å². The summed E-state index contributed by atoms with van der Waals surface area (Å²) in [5.74, 6) is -0.631. The van der Waals surface area contributed by atoms with Crippen LogP contribution in [0.1, 0.15) is 0 Å². The summed E-state index contributed by atoms with van der Waals surface area (Å²) in [6.07, 6.45) is 3.28. The summed E-state index contributed by atoms with van der Waals surface area (Å²) < 4.78 is 33.9. The average Bonchev–Trinajstić information content (AvgIpc) is 3.10. The van der Waals surface area contributed by atoms with E-state index in [1.165, 1.54) is 18.2 Å². The van der Waals surface area contributed by atoms with E-state index in [0.717, 1.165) is 5.52 Å². The Kier molecular flexibility index (Phi) is 2.78. The van der Waals surface area contributed by atoms with E-state index in [4.69, 9.17) is 4.42 Å². The van der Waals surface area contributed by atoms with Crippen molar-refractivity contribution in [3.8, 4) is 0 Å². The number of H-pyrrole nitrogens is 1. The second kappa shape index (κ2) is 4.71. The van der Waals surface area contributed by atoms with Crippen molar-refractivity contribution < 1.29 is 12.8 Å². The van der Waals surface area contributed by atoms with Gasteiger partial charge in [0, 0.05) is 12.4 Å². The maximum Gasteiger partial charge on any atom is 0.417 e. The number of fused-ring (bicyclic) bond motifs is 2. The molecule has 1 aromatic carbocycles. The lowest BCUT2D eigenvalue weighted by atomic mass is 10.3. The van der Waals surface area contributed by atoms with E-state index in [1.807, 2.05) is 0 Å². The van der Waals surface area contributed by atoms with E-state index < -0.39 is 15.8 Å². The number of pyridine rings is 1. The fraction of sp³-hybridized carbons (Fsp3) is 0. The summed E-state index contributed by atoms with van der Waals surface area (Å²) in [7, 11) is -3.79. The third-order valence-electron chi connectivity index (χ3n) is 3.35. The van der Waals surface area contributed by atoms with Crippen molar-refractivity contribution in [3.05, 3.63) is 59.3 Å². The van der Waals surface area contributed by atoms with Gasteiger partial charge >= 0.3 is 5.76 Å². The lowest BCUT2D eigenvalue weighted by Crippen LogP contribution is -2.13. The van der Waals surface area contributed by atoms with Gasteiger partial charge in [0.1, 0.15) is 0 Å². The number of anilines is 1. The molecule has 3 aromatic heterocycles. The smallest absolute Gasteiger partial charge is 0.408 e. The van der Waals surface area contributed by atoms with Crippen molar-refractivity contribution in [1.29, 1.82) is 0 Å². The van der Waals surface area contributed by atoms with E-state index in [-0.39, 0.29) is 4.90 Å². The highest BCUT2D eigenvalue weighted by Gasteiger charge is 2.16. The molecule has 0 unspecified atom stereocenters. The van der Waals surface area contributed by atoms with E-state index in [1.54, 1.807) is 35.1 Å². The Morgan fingerprint density at radius 1 is 1.17 bits per heavy atom. The molecule has 8 nitrogen and oxygen atoms in total. The zero-order valence-corrected chi connectivity index (χ0v) is 12.4. The van der Waals surface area contributed by atoms with E-state index in [0.29, 0.717) is 16.8 Å². The summed E-state index contributed by atoms with van der Waals surface area (Å²) in [6, 6.07) is 9.19. The van der Waals surface area contributed by atoms with Gasteiger partial charge in [0.05, 0.1) is 21.6 Å². The molecule has 0 saturated heterocycles. The number of hydrogen-bond acceptors (Lipinski definition) is 5. The number of nitrogens with one attached hydrogen (secondary N) is 2. The number of sulfonamides is 1. The van der Waals surface area contributed by atoms with Crippen molar-refractivity contribution in [2.45, 2.75) is 4.90 Å². The first-order chi connectivity index (χ1) is 11.0. The largest absolute Gasteiger partial charge is 0.417 e. The first kappa shape index (κ1) is 13.6. The van der Waals surface area contributed by atoms with Crippen LogP contribution in [0.2, 0.25) is 0 Å². The Labute approximate surface area is 129 Å². The third-order valence-corrected chi connectivity index (χ3v) is 4.73. The van der Waals surface area contributed by atoms with Crippen LogP contribution >= 0.6 is 0 Å². The molecule has 0 saturated carbocycles. The number of rotatable bonds is 3. The minimum Gasteiger partial charge on any atom is -0.408 e. The zero-order chi connectivity index (χ0) is 16.0. The standard InChI is InChI=1S/C14H10N4O4S/c19-14-16-12-8-11(1-2-13(12)22-14)23(20,21)17-9-4-6-18-10(7-9)3-5-15-18/h1-8,17H,(H,16,19). The maximum atomic E-state index is 12.5. The molecule has 23 heavy (non-hydrogen) atoms. The first-order valence-corrected chi connectivity index (χ1v) is 8.09. The number of aromatic nitrogens is 3. The number of aromatic amines is 1. The van der Waals surface area contributed by atoms with Crippen molar-refractivity contribution in [2.75, 3.05) is 4.72 Å². The molecule has 2 N–H and O–H groups in total. The summed E-state index contributed by atoms with van der Waals surface area (Å²) >= 11 is 0. The third kappa shape index (κ3) is 2.36. The molecule has 3 heterocycles. The Bertz CT molecular complexity index is 1190. The van der Waals surface area contributed by atoms with Crippen molar-refractivity contribution >= 4 is 32.3 Å². The molecular formula is C14H10N4O4S. The number of oxazole rings is 1. The highest BCUT2D eigenvalue weighted by Crippen LogP contribution is 2.20. The van der Waals surface area contributed by atoms with Crippen LogP contribution in [0.15, 0.2) is 62.9 Å². The van der Waals surface area contributed by atoms with Crippen molar-refractivity contribution in [2.24, 2.45) is 0 Å². The summed E-state index contributed by atoms with van der Waals surface area (Å²) in [5, 5.41) is 4.05. The highest BCUT2D eigenvalue weighted by molar-refractivity contribution is 7.92. The number of benzene rings is 1. The molecule has 116 valence electrons. The second-order valence-corrected chi connectivity index (χ2v) is 6.58. The first-order valence-electron chi connectivity index (χ1n) is 6.60.